The number of esters is 1. The number of carbonyl (C=O) groups excluding carboxylic acids is 1. The van der Waals surface area contributed by atoms with E-state index in [1.807, 2.05) is 84.6 Å². The number of nitrogens with zero attached hydrogens (tertiary/aromatic N) is 3. The average Bonchev–Trinajstić information content (AvgIpc) is 3.34. The normalized spacial score (nSPS) is 10.8. The highest BCUT2D eigenvalue weighted by Crippen LogP contribution is 2.24. The minimum absolute atomic E-state index is 0.174. The molecule has 0 radical (unpaired) electrons. The maximum atomic E-state index is 12.4. The van der Waals surface area contributed by atoms with Crippen LogP contribution in [0.15, 0.2) is 66.0 Å². The molecule has 0 unspecified atom stereocenters. The summed E-state index contributed by atoms with van der Waals surface area (Å²) in [5.41, 5.74) is 5.49. The maximum Gasteiger partial charge on any atom is 0.310 e. The van der Waals surface area contributed by atoms with Gasteiger partial charge in [-0.15, -0.1) is 11.3 Å². The van der Waals surface area contributed by atoms with Crippen LogP contribution < -0.4 is 0 Å². The molecule has 2 heterocycles. The van der Waals surface area contributed by atoms with Crippen molar-refractivity contribution >= 4 is 17.3 Å². The van der Waals surface area contributed by atoms with Crippen molar-refractivity contribution in [2.75, 3.05) is 0 Å². The molecule has 0 aliphatic heterocycles. The summed E-state index contributed by atoms with van der Waals surface area (Å²) < 4.78 is 7.34. The third-order valence-electron chi connectivity index (χ3n) is 4.72. The maximum absolute atomic E-state index is 12.4. The van der Waals surface area contributed by atoms with Gasteiger partial charge in [0.2, 0.25) is 0 Å². The lowest BCUT2D eigenvalue weighted by Crippen LogP contribution is -2.09. The van der Waals surface area contributed by atoms with Crippen LogP contribution in [0, 0.1) is 13.8 Å². The number of ether oxygens (including phenoxy) is 1. The molecular weight excluding hydrogens is 382 g/mol. The molecule has 0 fully saturated rings. The lowest BCUT2D eigenvalue weighted by atomic mass is 10.1. The number of hydrogen-bond acceptors (Lipinski definition) is 5. The van der Waals surface area contributed by atoms with E-state index in [0.29, 0.717) is 0 Å². The molecule has 146 valence electrons. The highest BCUT2D eigenvalue weighted by Gasteiger charge is 2.17. The molecule has 6 heteroatoms. The van der Waals surface area contributed by atoms with E-state index in [9.17, 15) is 4.79 Å². The number of carbonyl (C=O) groups is 1. The quantitative estimate of drug-likeness (QED) is 0.430. The molecule has 0 saturated heterocycles. The molecule has 0 amide bonds. The zero-order valence-corrected chi connectivity index (χ0v) is 17.1. The first-order chi connectivity index (χ1) is 14.1. The molecular formula is C23H21N3O2S. The van der Waals surface area contributed by atoms with Gasteiger partial charge in [0.25, 0.3) is 0 Å². The minimum Gasteiger partial charge on any atom is -0.459 e. The second-order valence-corrected chi connectivity index (χ2v) is 7.60. The van der Waals surface area contributed by atoms with Gasteiger partial charge >= 0.3 is 5.97 Å². The molecule has 0 saturated carbocycles. The van der Waals surface area contributed by atoms with Gasteiger partial charge in [0, 0.05) is 22.2 Å². The Morgan fingerprint density at radius 3 is 2.45 bits per heavy atom. The largest absolute Gasteiger partial charge is 0.459 e. The summed E-state index contributed by atoms with van der Waals surface area (Å²) in [4.78, 5) is 17.0. The van der Waals surface area contributed by atoms with Crippen LogP contribution in [0.3, 0.4) is 0 Å². The second kappa shape index (κ2) is 8.41. The highest BCUT2D eigenvalue weighted by molar-refractivity contribution is 7.13. The lowest BCUT2D eigenvalue weighted by molar-refractivity contribution is -0.144. The van der Waals surface area contributed by atoms with Gasteiger partial charge in [0.15, 0.2) is 0 Å². The zero-order valence-electron chi connectivity index (χ0n) is 16.3. The summed E-state index contributed by atoms with van der Waals surface area (Å²) in [7, 11) is 0. The van der Waals surface area contributed by atoms with E-state index >= 15 is 0 Å². The summed E-state index contributed by atoms with van der Waals surface area (Å²) in [5, 5.41) is 7.44. The van der Waals surface area contributed by atoms with Crippen LogP contribution in [0.2, 0.25) is 0 Å². The van der Waals surface area contributed by atoms with Gasteiger partial charge in [0.05, 0.1) is 23.5 Å². The van der Waals surface area contributed by atoms with Crippen molar-refractivity contribution in [2.24, 2.45) is 0 Å². The van der Waals surface area contributed by atoms with Crippen LogP contribution in [-0.4, -0.2) is 20.7 Å². The molecule has 5 nitrogen and oxygen atoms in total. The first-order valence-corrected chi connectivity index (χ1v) is 10.3. The third-order valence-corrected chi connectivity index (χ3v) is 5.66. The van der Waals surface area contributed by atoms with Crippen LogP contribution in [0.5, 0.6) is 0 Å². The molecule has 4 aromatic rings. The van der Waals surface area contributed by atoms with Gasteiger partial charge < -0.3 is 4.74 Å². The van der Waals surface area contributed by atoms with Crippen LogP contribution in [0.25, 0.3) is 16.3 Å². The van der Waals surface area contributed by atoms with E-state index < -0.39 is 0 Å². The van der Waals surface area contributed by atoms with Crippen molar-refractivity contribution in [3.05, 3.63) is 88.7 Å². The van der Waals surface area contributed by atoms with Gasteiger partial charge in [-0.3, -0.25) is 4.79 Å². The predicted octanol–water partition coefficient (Wildman–Crippen LogP) is 4.90. The van der Waals surface area contributed by atoms with Crippen LogP contribution in [0.4, 0.5) is 0 Å². The topological polar surface area (TPSA) is 57.0 Å². The molecule has 0 aliphatic carbocycles. The predicted molar refractivity (Wildman–Crippen MR) is 114 cm³/mol. The first-order valence-electron chi connectivity index (χ1n) is 9.38. The van der Waals surface area contributed by atoms with E-state index in [4.69, 9.17) is 4.74 Å². The SMILES string of the molecule is Cc1nn(-c2ccccc2)c(C)c1CC(=O)OCc1csc(-c2ccccc2)n1. The molecule has 29 heavy (non-hydrogen) atoms. The Bertz CT molecular complexity index is 1120. The van der Waals surface area contributed by atoms with Crippen LogP contribution in [-0.2, 0) is 22.6 Å². The van der Waals surface area contributed by atoms with Gasteiger partial charge in [-0.25, -0.2) is 9.67 Å². The van der Waals surface area contributed by atoms with Crippen LogP contribution >= 0.6 is 11.3 Å². The van der Waals surface area contributed by atoms with E-state index in [1.54, 1.807) is 11.3 Å². The van der Waals surface area contributed by atoms with Gasteiger partial charge in [-0.05, 0) is 26.0 Å². The summed E-state index contributed by atoms with van der Waals surface area (Å²) in [6, 6.07) is 19.9. The molecule has 4 rings (SSSR count). The Morgan fingerprint density at radius 2 is 1.72 bits per heavy atom. The van der Waals surface area contributed by atoms with E-state index in [0.717, 1.165) is 38.9 Å². The fourth-order valence-electron chi connectivity index (χ4n) is 3.19. The van der Waals surface area contributed by atoms with Gasteiger partial charge in [0.1, 0.15) is 11.6 Å². The molecule has 0 atom stereocenters. The van der Waals surface area contributed by atoms with Crippen molar-refractivity contribution < 1.29 is 9.53 Å². The number of para-hydroxylation sites is 1. The highest BCUT2D eigenvalue weighted by atomic mass is 32.1. The average molecular weight is 404 g/mol. The molecule has 2 aromatic carbocycles. The van der Waals surface area contributed by atoms with E-state index in [-0.39, 0.29) is 19.0 Å². The van der Waals surface area contributed by atoms with Gasteiger partial charge in [-0.2, -0.15) is 5.10 Å². The Morgan fingerprint density at radius 1 is 1.03 bits per heavy atom. The number of rotatable bonds is 6. The number of thiazole rings is 1. The first kappa shape index (κ1) is 19.1. The number of aromatic nitrogens is 3. The number of hydrogen-bond donors (Lipinski definition) is 0. The minimum atomic E-state index is -0.280. The van der Waals surface area contributed by atoms with Crippen molar-refractivity contribution in [3.63, 3.8) is 0 Å². The standard InChI is InChI=1S/C23H21N3O2S/c1-16-21(17(2)26(25-16)20-11-7-4-8-12-20)13-22(27)28-14-19-15-29-23(24-19)18-9-5-3-6-10-18/h3-12,15H,13-14H2,1-2H3. The van der Waals surface area contributed by atoms with Crippen molar-refractivity contribution in [1.82, 2.24) is 14.8 Å². The Balaban J connectivity index is 1.41. The summed E-state index contributed by atoms with van der Waals surface area (Å²) in [6.45, 7) is 4.07. The molecule has 0 spiro atoms. The molecule has 0 N–H and O–H groups in total. The lowest BCUT2D eigenvalue weighted by Gasteiger charge is -2.06. The number of aryl methyl sites for hydroxylation is 1. The number of benzene rings is 2. The van der Waals surface area contributed by atoms with Gasteiger partial charge in [-0.1, -0.05) is 48.5 Å². The fraction of sp³-hybridized carbons (Fsp3) is 0.174. The van der Waals surface area contributed by atoms with Crippen LogP contribution in [0.1, 0.15) is 22.6 Å². The molecule has 0 bridgehead atoms. The van der Waals surface area contributed by atoms with Crippen molar-refractivity contribution in [2.45, 2.75) is 26.9 Å². The van der Waals surface area contributed by atoms with Crippen molar-refractivity contribution in [3.8, 4) is 16.3 Å². The Kier molecular flexibility index (Phi) is 5.53. The second-order valence-electron chi connectivity index (χ2n) is 6.74. The van der Waals surface area contributed by atoms with Crippen molar-refractivity contribution in [1.29, 1.82) is 0 Å². The Labute approximate surface area is 173 Å². The summed E-state index contributed by atoms with van der Waals surface area (Å²) >= 11 is 1.55. The van der Waals surface area contributed by atoms with E-state index in [1.165, 1.54) is 0 Å². The smallest absolute Gasteiger partial charge is 0.310 e. The third kappa shape index (κ3) is 4.27. The fourth-order valence-corrected chi connectivity index (χ4v) is 4.00. The Hall–Kier alpha value is -3.25. The molecule has 0 aliphatic rings. The molecule has 2 aromatic heterocycles. The summed E-state index contributed by atoms with van der Waals surface area (Å²) in [5.74, 6) is -0.280. The monoisotopic (exact) mass is 403 g/mol. The summed E-state index contributed by atoms with van der Waals surface area (Å²) in [6.07, 6.45) is 0.195. The zero-order chi connectivity index (χ0) is 20.2. The van der Waals surface area contributed by atoms with E-state index in [2.05, 4.69) is 10.1 Å².